The fourth-order valence-corrected chi connectivity index (χ4v) is 2.19. The van der Waals surface area contributed by atoms with Gasteiger partial charge in [-0.25, -0.2) is 0 Å². The summed E-state index contributed by atoms with van der Waals surface area (Å²) in [6.45, 7) is 7.79. The van der Waals surface area contributed by atoms with Crippen molar-refractivity contribution >= 4 is 5.97 Å². The van der Waals surface area contributed by atoms with Crippen LogP contribution in [0.2, 0.25) is 0 Å². The topological polar surface area (TPSA) is 53.3 Å². The fraction of sp³-hybridized carbons (Fsp3) is 0.556. The maximum atomic E-state index is 11.9. The Bertz CT molecular complexity index is 524. The standard InChI is InChI=1S/C18H26N2O2/c1-14-6-8-15(9-7-14)12-16(10-11-19)20(5)13-17(21)22-18(2,3)4/h6-9,16H,10,12-13H2,1-5H3/t16-/m1/s1. The number of ether oxygens (including phenoxy) is 1. The van der Waals surface area contributed by atoms with Crippen LogP contribution in [-0.2, 0) is 16.0 Å². The first-order valence-corrected chi connectivity index (χ1v) is 7.56. The van der Waals surface area contributed by atoms with E-state index in [1.807, 2.05) is 39.6 Å². The van der Waals surface area contributed by atoms with Gasteiger partial charge in [-0.1, -0.05) is 29.8 Å². The lowest BCUT2D eigenvalue weighted by molar-refractivity contribution is -0.156. The molecule has 0 aliphatic carbocycles. The Labute approximate surface area is 133 Å². The van der Waals surface area contributed by atoms with Crippen LogP contribution in [-0.4, -0.2) is 36.1 Å². The molecule has 0 aliphatic heterocycles. The highest BCUT2D eigenvalue weighted by molar-refractivity contribution is 5.72. The molecule has 0 spiro atoms. The monoisotopic (exact) mass is 302 g/mol. The maximum Gasteiger partial charge on any atom is 0.320 e. The first-order valence-electron chi connectivity index (χ1n) is 7.56. The Morgan fingerprint density at radius 3 is 2.41 bits per heavy atom. The van der Waals surface area contributed by atoms with Crippen molar-refractivity contribution < 1.29 is 9.53 Å². The molecule has 0 unspecified atom stereocenters. The van der Waals surface area contributed by atoms with E-state index in [0.717, 1.165) is 6.42 Å². The van der Waals surface area contributed by atoms with Crippen LogP contribution in [0.4, 0.5) is 0 Å². The molecule has 0 saturated heterocycles. The molecule has 0 N–H and O–H groups in total. The molecule has 1 rings (SSSR count). The number of nitrogens with zero attached hydrogens (tertiary/aromatic N) is 2. The molecule has 0 aromatic heterocycles. The summed E-state index contributed by atoms with van der Waals surface area (Å²) >= 11 is 0. The van der Waals surface area contributed by atoms with Crippen LogP contribution in [0.5, 0.6) is 0 Å². The number of nitriles is 1. The zero-order chi connectivity index (χ0) is 16.8. The number of esters is 1. The van der Waals surface area contributed by atoms with Gasteiger partial charge in [-0.3, -0.25) is 9.69 Å². The summed E-state index contributed by atoms with van der Waals surface area (Å²) in [6.07, 6.45) is 1.13. The minimum absolute atomic E-state index is 0.000208. The van der Waals surface area contributed by atoms with E-state index >= 15 is 0 Å². The molecule has 4 heteroatoms. The van der Waals surface area contributed by atoms with Gasteiger partial charge in [0.25, 0.3) is 0 Å². The molecule has 0 amide bonds. The Kier molecular flexibility index (Phi) is 6.58. The molecule has 22 heavy (non-hydrogen) atoms. The zero-order valence-electron chi connectivity index (χ0n) is 14.2. The highest BCUT2D eigenvalue weighted by atomic mass is 16.6. The van der Waals surface area contributed by atoms with E-state index in [1.54, 1.807) is 0 Å². The molecule has 1 aromatic rings. The quantitative estimate of drug-likeness (QED) is 0.758. The van der Waals surface area contributed by atoms with Gasteiger partial charge in [0.1, 0.15) is 5.60 Å². The van der Waals surface area contributed by atoms with Crippen molar-refractivity contribution in [2.75, 3.05) is 13.6 Å². The molecule has 4 nitrogen and oxygen atoms in total. The van der Waals surface area contributed by atoms with Crippen molar-refractivity contribution in [3.05, 3.63) is 35.4 Å². The lowest BCUT2D eigenvalue weighted by atomic mass is 10.0. The van der Waals surface area contributed by atoms with Crippen molar-refractivity contribution in [3.8, 4) is 6.07 Å². The molecular formula is C18H26N2O2. The molecule has 0 heterocycles. The summed E-state index contributed by atoms with van der Waals surface area (Å²) in [5.74, 6) is -0.262. The molecule has 0 radical (unpaired) electrons. The lowest BCUT2D eigenvalue weighted by Crippen LogP contribution is -2.39. The molecule has 0 bridgehead atoms. The molecule has 0 fully saturated rings. The van der Waals surface area contributed by atoms with Crippen LogP contribution < -0.4 is 0 Å². The summed E-state index contributed by atoms with van der Waals surface area (Å²) < 4.78 is 5.34. The molecule has 1 atom stereocenters. The molecule has 0 aliphatic rings. The number of carbonyl (C=O) groups is 1. The number of aryl methyl sites for hydroxylation is 1. The second-order valence-electron chi connectivity index (χ2n) is 6.71. The largest absolute Gasteiger partial charge is 0.459 e. The third-order valence-corrected chi connectivity index (χ3v) is 3.34. The van der Waals surface area contributed by atoms with Gasteiger partial charge in [-0.15, -0.1) is 0 Å². The van der Waals surface area contributed by atoms with E-state index in [0.29, 0.717) is 6.42 Å². The summed E-state index contributed by atoms with van der Waals surface area (Å²) in [6, 6.07) is 10.5. The second-order valence-corrected chi connectivity index (χ2v) is 6.71. The van der Waals surface area contributed by atoms with Crippen LogP contribution in [0.1, 0.15) is 38.3 Å². The van der Waals surface area contributed by atoms with E-state index in [9.17, 15) is 4.79 Å². The van der Waals surface area contributed by atoms with Crippen molar-refractivity contribution in [3.63, 3.8) is 0 Å². The normalized spacial score (nSPS) is 12.8. The number of rotatable bonds is 6. The summed E-state index contributed by atoms with van der Waals surface area (Å²) in [4.78, 5) is 13.8. The minimum Gasteiger partial charge on any atom is -0.459 e. The smallest absolute Gasteiger partial charge is 0.320 e. The van der Waals surface area contributed by atoms with Gasteiger partial charge in [0.05, 0.1) is 19.0 Å². The Balaban J connectivity index is 2.67. The van der Waals surface area contributed by atoms with Gasteiger partial charge in [0, 0.05) is 6.04 Å². The number of benzene rings is 1. The molecular weight excluding hydrogens is 276 g/mol. The highest BCUT2D eigenvalue weighted by Gasteiger charge is 2.22. The van der Waals surface area contributed by atoms with E-state index in [1.165, 1.54) is 11.1 Å². The van der Waals surface area contributed by atoms with Crippen molar-refractivity contribution in [2.24, 2.45) is 0 Å². The highest BCUT2D eigenvalue weighted by Crippen LogP contribution is 2.13. The molecule has 0 saturated carbocycles. The van der Waals surface area contributed by atoms with Crippen LogP contribution >= 0.6 is 0 Å². The van der Waals surface area contributed by atoms with E-state index in [2.05, 4.69) is 30.3 Å². The predicted octanol–water partition coefficient (Wildman–Crippen LogP) is 3.09. The van der Waals surface area contributed by atoms with Gasteiger partial charge in [0.2, 0.25) is 0 Å². The second kappa shape index (κ2) is 7.95. The Hall–Kier alpha value is -1.86. The van der Waals surface area contributed by atoms with Crippen LogP contribution in [0.3, 0.4) is 0 Å². The Morgan fingerprint density at radius 2 is 1.91 bits per heavy atom. The van der Waals surface area contributed by atoms with Gasteiger partial charge in [-0.05, 0) is 46.7 Å². The average Bonchev–Trinajstić information content (AvgIpc) is 2.38. The van der Waals surface area contributed by atoms with Gasteiger partial charge in [-0.2, -0.15) is 5.26 Å². The van der Waals surface area contributed by atoms with Crippen LogP contribution in [0.15, 0.2) is 24.3 Å². The SMILES string of the molecule is Cc1ccc(C[C@@H](CC#N)N(C)CC(=O)OC(C)(C)C)cc1. The average molecular weight is 302 g/mol. The number of carbonyl (C=O) groups excluding carboxylic acids is 1. The van der Waals surface area contributed by atoms with Crippen molar-refractivity contribution in [2.45, 2.75) is 52.2 Å². The van der Waals surface area contributed by atoms with Crippen LogP contribution in [0.25, 0.3) is 0 Å². The summed E-state index contributed by atoms with van der Waals surface area (Å²) in [5, 5.41) is 9.04. The van der Waals surface area contributed by atoms with E-state index < -0.39 is 5.60 Å². The first kappa shape index (κ1) is 18.2. The number of hydrogen-bond acceptors (Lipinski definition) is 4. The third kappa shape index (κ3) is 6.73. The van der Waals surface area contributed by atoms with Crippen LogP contribution in [0, 0.1) is 18.3 Å². The number of likely N-dealkylation sites (N-methyl/N-ethyl adjacent to an activating group) is 1. The van der Waals surface area contributed by atoms with E-state index in [-0.39, 0.29) is 18.6 Å². The summed E-state index contributed by atoms with van der Waals surface area (Å²) in [7, 11) is 1.86. The summed E-state index contributed by atoms with van der Waals surface area (Å²) in [5.41, 5.74) is 1.89. The Morgan fingerprint density at radius 1 is 1.32 bits per heavy atom. The number of hydrogen-bond donors (Lipinski definition) is 0. The van der Waals surface area contributed by atoms with Crippen molar-refractivity contribution in [1.29, 1.82) is 5.26 Å². The van der Waals surface area contributed by atoms with Gasteiger partial charge in [0.15, 0.2) is 0 Å². The third-order valence-electron chi connectivity index (χ3n) is 3.34. The first-order chi connectivity index (χ1) is 10.2. The van der Waals surface area contributed by atoms with E-state index in [4.69, 9.17) is 10.00 Å². The zero-order valence-corrected chi connectivity index (χ0v) is 14.2. The van der Waals surface area contributed by atoms with Gasteiger partial charge < -0.3 is 4.74 Å². The minimum atomic E-state index is -0.487. The van der Waals surface area contributed by atoms with Crippen molar-refractivity contribution in [1.82, 2.24) is 4.90 Å². The molecule has 120 valence electrons. The van der Waals surface area contributed by atoms with Gasteiger partial charge >= 0.3 is 5.97 Å². The maximum absolute atomic E-state index is 11.9. The fourth-order valence-electron chi connectivity index (χ4n) is 2.19. The predicted molar refractivity (Wildman–Crippen MR) is 87.4 cm³/mol. The lowest BCUT2D eigenvalue weighted by Gasteiger charge is -2.27. The molecule has 1 aromatic carbocycles.